The van der Waals surface area contributed by atoms with E-state index in [2.05, 4.69) is 10.6 Å². The molecular formula is C17H30N4O8. The molecular weight excluding hydrogens is 388 g/mol. The van der Waals surface area contributed by atoms with E-state index in [0.717, 1.165) is 0 Å². The fourth-order valence-corrected chi connectivity index (χ4v) is 2.25. The molecule has 0 aromatic carbocycles. The van der Waals surface area contributed by atoms with Crippen LogP contribution in [0.5, 0.6) is 0 Å². The second-order valence-corrected chi connectivity index (χ2v) is 6.74. The molecule has 0 aliphatic rings. The summed E-state index contributed by atoms with van der Waals surface area (Å²) < 4.78 is 0. The van der Waals surface area contributed by atoms with Crippen LogP contribution in [0.3, 0.4) is 0 Å². The van der Waals surface area contributed by atoms with Crippen LogP contribution in [0.15, 0.2) is 0 Å². The molecule has 0 saturated carbocycles. The van der Waals surface area contributed by atoms with Crippen LogP contribution in [-0.2, 0) is 24.0 Å². The summed E-state index contributed by atoms with van der Waals surface area (Å²) in [5, 5.41) is 33.9. The molecule has 12 heteroatoms. The number of carboxylic acid groups (broad SMARTS) is 2. The van der Waals surface area contributed by atoms with E-state index in [4.69, 9.17) is 15.9 Å². The van der Waals surface area contributed by atoms with Crippen LogP contribution < -0.4 is 21.7 Å². The molecule has 8 N–H and O–H groups in total. The second-order valence-electron chi connectivity index (χ2n) is 6.74. The highest BCUT2D eigenvalue weighted by Crippen LogP contribution is 2.07. The van der Waals surface area contributed by atoms with Crippen LogP contribution in [0.4, 0.5) is 0 Å². The van der Waals surface area contributed by atoms with Crippen LogP contribution >= 0.6 is 0 Å². The summed E-state index contributed by atoms with van der Waals surface area (Å²) in [5.74, 6) is -5.25. The second kappa shape index (κ2) is 12.7. The summed E-state index contributed by atoms with van der Waals surface area (Å²) in [5.41, 5.74) is 5.81. The average Bonchev–Trinajstić information content (AvgIpc) is 2.64. The fraction of sp³-hybridized carbons (Fsp3) is 0.706. The van der Waals surface area contributed by atoms with Gasteiger partial charge in [0.2, 0.25) is 17.7 Å². The summed E-state index contributed by atoms with van der Waals surface area (Å²) in [7, 11) is 0. The highest BCUT2D eigenvalue weighted by atomic mass is 16.4. The minimum Gasteiger partial charge on any atom is -0.481 e. The minimum atomic E-state index is -1.45. The molecule has 0 aromatic heterocycles. The lowest BCUT2D eigenvalue weighted by atomic mass is 9.98. The molecule has 0 fully saturated rings. The first-order valence-electron chi connectivity index (χ1n) is 9.16. The van der Waals surface area contributed by atoms with E-state index >= 15 is 0 Å². The number of hydrogen-bond donors (Lipinski definition) is 7. The van der Waals surface area contributed by atoms with Gasteiger partial charge in [-0.3, -0.25) is 24.0 Å². The van der Waals surface area contributed by atoms with Gasteiger partial charge < -0.3 is 37.0 Å². The summed E-state index contributed by atoms with van der Waals surface area (Å²) in [6, 6.07) is -3.74. The molecule has 0 aromatic rings. The standard InChI is InChI=1S/C17H30N4O8/c1-4-8(2)13(18)16(28)21-14(9(3)22)17(29)20-10(5-6-11(23)24)15(27)19-7-12(25)26/h8-10,13-14,22H,4-7,18H2,1-3H3,(H,19,27)(H,20,29)(H,21,28)(H,23,24)(H,25,26). The van der Waals surface area contributed by atoms with Crippen LogP contribution in [-0.4, -0.2) is 75.8 Å². The molecule has 3 amide bonds. The van der Waals surface area contributed by atoms with Crippen LogP contribution in [0, 0.1) is 5.92 Å². The van der Waals surface area contributed by atoms with Gasteiger partial charge in [0, 0.05) is 6.42 Å². The Kier molecular flexibility index (Phi) is 11.5. The van der Waals surface area contributed by atoms with Crippen molar-refractivity contribution in [1.29, 1.82) is 0 Å². The molecule has 12 nitrogen and oxygen atoms in total. The number of aliphatic carboxylic acids is 2. The molecule has 0 bridgehead atoms. The van der Waals surface area contributed by atoms with Gasteiger partial charge in [-0.25, -0.2) is 0 Å². The third kappa shape index (κ3) is 9.85. The molecule has 5 unspecified atom stereocenters. The smallest absolute Gasteiger partial charge is 0.322 e. The highest BCUT2D eigenvalue weighted by Gasteiger charge is 2.32. The van der Waals surface area contributed by atoms with E-state index in [1.807, 2.05) is 12.2 Å². The van der Waals surface area contributed by atoms with Crippen molar-refractivity contribution < 1.29 is 39.3 Å². The predicted molar refractivity (Wildman–Crippen MR) is 100 cm³/mol. The highest BCUT2D eigenvalue weighted by molar-refractivity contribution is 5.94. The number of rotatable bonds is 13. The molecule has 0 saturated heterocycles. The topological polar surface area (TPSA) is 208 Å². The van der Waals surface area contributed by atoms with Gasteiger partial charge in [-0.1, -0.05) is 20.3 Å². The molecule has 0 heterocycles. The largest absolute Gasteiger partial charge is 0.481 e. The molecule has 166 valence electrons. The Labute approximate surface area is 168 Å². The first-order chi connectivity index (χ1) is 13.4. The number of carboxylic acids is 2. The maximum atomic E-state index is 12.5. The number of nitrogens with one attached hydrogen (secondary N) is 3. The summed E-state index contributed by atoms with van der Waals surface area (Å²) in [6.07, 6.45) is -1.53. The van der Waals surface area contributed by atoms with E-state index < -0.39 is 66.9 Å². The van der Waals surface area contributed by atoms with Gasteiger partial charge in [0.15, 0.2) is 0 Å². The lowest BCUT2D eigenvalue weighted by Gasteiger charge is -2.26. The van der Waals surface area contributed by atoms with E-state index in [-0.39, 0.29) is 12.3 Å². The zero-order valence-corrected chi connectivity index (χ0v) is 16.7. The average molecular weight is 418 g/mol. The molecule has 0 aliphatic carbocycles. The number of carbonyl (C=O) groups excluding carboxylic acids is 3. The first kappa shape index (κ1) is 26.3. The van der Waals surface area contributed by atoms with Crippen molar-refractivity contribution in [2.45, 2.75) is 64.3 Å². The molecule has 0 radical (unpaired) electrons. The van der Waals surface area contributed by atoms with Crippen molar-refractivity contribution in [2.24, 2.45) is 11.7 Å². The lowest BCUT2D eigenvalue weighted by Crippen LogP contribution is -2.59. The maximum absolute atomic E-state index is 12.5. The van der Waals surface area contributed by atoms with Gasteiger partial charge in [-0.05, 0) is 19.3 Å². The zero-order valence-electron chi connectivity index (χ0n) is 16.7. The van der Waals surface area contributed by atoms with E-state index in [0.29, 0.717) is 6.42 Å². The van der Waals surface area contributed by atoms with Crippen molar-refractivity contribution in [3.63, 3.8) is 0 Å². The van der Waals surface area contributed by atoms with Gasteiger partial charge in [-0.2, -0.15) is 0 Å². The lowest BCUT2D eigenvalue weighted by molar-refractivity contribution is -0.140. The molecule has 0 rings (SSSR count). The SMILES string of the molecule is CCC(C)C(N)C(=O)NC(C(=O)NC(CCC(=O)O)C(=O)NCC(=O)O)C(C)O. The van der Waals surface area contributed by atoms with Crippen molar-refractivity contribution >= 4 is 29.7 Å². The predicted octanol–water partition coefficient (Wildman–Crippen LogP) is -2.22. The van der Waals surface area contributed by atoms with Crippen LogP contribution in [0.2, 0.25) is 0 Å². The number of hydrogen-bond acceptors (Lipinski definition) is 7. The summed E-state index contributed by atoms with van der Waals surface area (Å²) in [4.78, 5) is 58.2. The van der Waals surface area contributed by atoms with E-state index in [1.165, 1.54) is 6.92 Å². The number of carbonyl (C=O) groups is 5. The summed E-state index contributed by atoms with van der Waals surface area (Å²) >= 11 is 0. The molecule has 0 spiro atoms. The van der Waals surface area contributed by atoms with Crippen LogP contribution in [0.25, 0.3) is 0 Å². The Bertz CT molecular complexity index is 610. The quantitative estimate of drug-likeness (QED) is 0.172. The van der Waals surface area contributed by atoms with Crippen molar-refractivity contribution in [2.75, 3.05) is 6.54 Å². The van der Waals surface area contributed by atoms with Gasteiger partial charge in [0.05, 0.1) is 12.1 Å². The Morgan fingerprint density at radius 1 is 0.931 bits per heavy atom. The molecule has 0 aliphatic heterocycles. The number of aliphatic hydroxyl groups is 1. The third-order valence-corrected chi connectivity index (χ3v) is 4.32. The van der Waals surface area contributed by atoms with Crippen molar-refractivity contribution in [3.05, 3.63) is 0 Å². The normalized spacial score (nSPS) is 15.9. The van der Waals surface area contributed by atoms with Crippen LogP contribution in [0.1, 0.15) is 40.0 Å². The van der Waals surface area contributed by atoms with Gasteiger partial charge in [0.1, 0.15) is 18.6 Å². The van der Waals surface area contributed by atoms with Crippen molar-refractivity contribution in [1.82, 2.24) is 16.0 Å². The first-order valence-corrected chi connectivity index (χ1v) is 9.16. The third-order valence-electron chi connectivity index (χ3n) is 4.32. The fourth-order valence-electron chi connectivity index (χ4n) is 2.25. The number of nitrogens with two attached hydrogens (primary N) is 1. The Morgan fingerprint density at radius 2 is 1.52 bits per heavy atom. The monoisotopic (exact) mass is 418 g/mol. The van der Waals surface area contributed by atoms with Gasteiger partial charge >= 0.3 is 11.9 Å². The maximum Gasteiger partial charge on any atom is 0.322 e. The van der Waals surface area contributed by atoms with Gasteiger partial charge in [0.25, 0.3) is 0 Å². The Hall–Kier alpha value is -2.73. The molecule has 29 heavy (non-hydrogen) atoms. The van der Waals surface area contributed by atoms with E-state index in [9.17, 15) is 29.1 Å². The van der Waals surface area contributed by atoms with Crippen molar-refractivity contribution in [3.8, 4) is 0 Å². The molecule has 5 atom stereocenters. The van der Waals surface area contributed by atoms with Gasteiger partial charge in [-0.15, -0.1) is 0 Å². The Morgan fingerprint density at radius 3 is 1.97 bits per heavy atom. The Balaban J connectivity index is 5.25. The van der Waals surface area contributed by atoms with E-state index in [1.54, 1.807) is 6.92 Å². The zero-order chi connectivity index (χ0) is 22.7. The summed E-state index contributed by atoms with van der Waals surface area (Å²) in [6.45, 7) is 4.10. The minimum absolute atomic E-state index is 0.183. The number of aliphatic hydroxyl groups excluding tert-OH is 1. The number of amides is 3.